The van der Waals surface area contributed by atoms with Gasteiger partial charge in [-0.2, -0.15) is 0 Å². The van der Waals surface area contributed by atoms with E-state index in [0.29, 0.717) is 6.04 Å². The Morgan fingerprint density at radius 1 is 1.53 bits per heavy atom. The molecule has 2 heterocycles. The number of rotatable bonds is 2. The molecule has 4 heteroatoms. The highest BCUT2D eigenvalue weighted by atomic mass is 15.1. The summed E-state index contributed by atoms with van der Waals surface area (Å²) in [5, 5.41) is 0. The number of hydrogen-bond acceptors (Lipinski definition) is 3. The van der Waals surface area contributed by atoms with E-state index in [2.05, 4.69) is 14.5 Å². The van der Waals surface area contributed by atoms with E-state index in [1.807, 2.05) is 19.2 Å². The van der Waals surface area contributed by atoms with Crippen LogP contribution in [0.5, 0.6) is 0 Å². The Morgan fingerprint density at radius 3 is 3.00 bits per heavy atom. The Balaban J connectivity index is 2.28. The Hall–Kier alpha value is -1.42. The zero-order valence-electron chi connectivity index (χ0n) is 8.72. The highest BCUT2D eigenvalue weighted by Crippen LogP contribution is 2.39. The minimum absolute atomic E-state index is 0.0157. The molecule has 0 bridgehead atoms. The molecule has 1 aliphatic rings. The molecule has 0 radical (unpaired) electrons. The van der Waals surface area contributed by atoms with Gasteiger partial charge in [0.15, 0.2) is 0 Å². The Morgan fingerprint density at radius 2 is 2.33 bits per heavy atom. The second-order valence-electron chi connectivity index (χ2n) is 4.22. The maximum Gasteiger partial charge on any atom is 0.126 e. The molecule has 2 aromatic rings. The minimum atomic E-state index is -0.0157. The third-order valence-electron chi connectivity index (χ3n) is 2.84. The number of aromatic nitrogens is 3. The fourth-order valence-electron chi connectivity index (χ4n) is 2.00. The lowest BCUT2D eigenvalue weighted by molar-refractivity contribution is 0.639. The fraction of sp³-hybridized carbons (Fsp3) is 0.455. The number of nitrogens with zero attached hydrogens (tertiary/aromatic N) is 3. The Kier molecular flexibility index (Phi) is 1.79. The van der Waals surface area contributed by atoms with Gasteiger partial charge in [-0.25, -0.2) is 4.98 Å². The van der Waals surface area contributed by atoms with Gasteiger partial charge in [0.25, 0.3) is 0 Å². The Labute approximate surface area is 88.1 Å². The predicted octanol–water partition coefficient (Wildman–Crippen LogP) is 1.79. The molecular formula is C11H14N4. The van der Waals surface area contributed by atoms with Crippen LogP contribution < -0.4 is 5.73 Å². The predicted molar refractivity (Wildman–Crippen MR) is 58.4 cm³/mol. The van der Waals surface area contributed by atoms with E-state index in [9.17, 15) is 0 Å². The first-order chi connectivity index (χ1) is 7.27. The summed E-state index contributed by atoms with van der Waals surface area (Å²) in [6, 6.07) is 2.53. The molecule has 1 atom stereocenters. The molecule has 1 aliphatic carbocycles. The maximum atomic E-state index is 5.94. The zero-order chi connectivity index (χ0) is 10.4. The maximum absolute atomic E-state index is 5.94. The van der Waals surface area contributed by atoms with Crippen molar-refractivity contribution in [1.29, 1.82) is 0 Å². The summed E-state index contributed by atoms with van der Waals surface area (Å²) in [5.74, 6) is 0.987. The first kappa shape index (κ1) is 8.85. The average molecular weight is 202 g/mol. The van der Waals surface area contributed by atoms with Crippen molar-refractivity contribution in [2.45, 2.75) is 31.8 Å². The minimum Gasteiger partial charge on any atom is -0.322 e. The van der Waals surface area contributed by atoms with Crippen molar-refractivity contribution in [2.24, 2.45) is 5.73 Å². The topological polar surface area (TPSA) is 56.7 Å². The van der Waals surface area contributed by atoms with Crippen molar-refractivity contribution in [2.75, 3.05) is 0 Å². The lowest BCUT2D eigenvalue weighted by Crippen LogP contribution is -2.12. The summed E-state index contributed by atoms with van der Waals surface area (Å²) in [6.45, 7) is 1.98. The first-order valence-electron chi connectivity index (χ1n) is 5.35. The highest BCUT2D eigenvalue weighted by Gasteiger charge is 2.29. The molecule has 0 aromatic carbocycles. The zero-order valence-corrected chi connectivity index (χ0v) is 8.72. The van der Waals surface area contributed by atoms with Crippen LogP contribution in [-0.4, -0.2) is 14.5 Å². The molecule has 0 saturated heterocycles. The third kappa shape index (κ3) is 1.33. The van der Waals surface area contributed by atoms with Crippen LogP contribution in [0.15, 0.2) is 18.5 Å². The van der Waals surface area contributed by atoms with Crippen molar-refractivity contribution in [3.63, 3.8) is 0 Å². The average Bonchev–Trinajstić information content (AvgIpc) is 2.98. The van der Waals surface area contributed by atoms with E-state index in [1.54, 1.807) is 6.20 Å². The van der Waals surface area contributed by atoms with Gasteiger partial charge in [-0.3, -0.25) is 4.98 Å². The highest BCUT2D eigenvalue weighted by molar-refractivity contribution is 5.75. The smallest absolute Gasteiger partial charge is 0.126 e. The van der Waals surface area contributed by atoms with Crippen LogP contribution in [-0.2, 0) is 0 Å². The van der Waals surface area contributed by atoms with Gasteiger partial charge >= 0.3 is 0 Å². The van der Waals surface area contributed by atoms with E-state index < -0.39 is 0 Å². The van der Waals surface area contributed by atoms with Gasteiger partial charge in [0.2, 0.25) is 0 Å². The molecule has 78 valence electrons. The molecule has 0 aliphatic heterocycles. The standard InChI is InChI=1S/C11H14N4/c1-7(12)11-14-9-4-5-13-6-10(9)15(11)8-2-3-8/h4-8H,2-3,12H2,1H3/t7-/m0/s1. The van der Waals surface area contributed by atoms with Crippen molar-refractivity contribution in [1.82, 2.24) is 14.5 Å². The number of hydrogen-bond donors (Lipinski definition) is 1. The molecule has 2 N–H and O–H groups in total. The SMILES string of the molecule is C[C@H](N)c1nc2ccncc2n1C1CC1. The molecule has 1 saturated carbocycles. The van der Waals surface area contributed by atoms with Crippen LogP contribution in [0.3, 0.4) is 0 Å². The number of imidazole rings is 1. The lowest BCUT2D eigenvalue weighted by Gasteiger charge is -2.09. The second-order valence-corrected chi connectivity index (χ2v) is 4.22. The quantitative estimate of drug-likeness (QED) is 0.807. The molecule has 0 spiro atoms. The largest absolute Gasteiger partial charge is 0.322 e. The molecular weight excluding hydrogens is 188 g/mol. The lowest BCUT2D eigenvalue weighted by atomic mass is 10.3. The molecule has 2 aromatic heterocycles. The van der Waals surface area contributed by atoms with Gasteiger partial charge in [0.1, 0.15) is 5.82 Å². The van der Waals surface area contributed by atoms with Gasteiger partial charge in [-0.1, -0.05) is 0 Å². The van der Waals surface area contributed by atoms with Crippen LogP contribution in [0.25, 0.3) is 11.0 Å². The van der Waals surface area contributed by atoms with E-state index >= 15 is 0 Å². The number of nitrogens with two attached hydrogens (primary N) is 1. The summed E-state index contributed by atoms with van der Waals surface area (Å²) < 4.78 is 2.26. The van der Waals surface area contributed by atoms with Gasteiger partial charge < -0.3 is 10.3 Å². The summed E-state index contributed by atoms with van der Waals surface area (Å²) in [5.41, 5.74) is 8.06. The second kappa shape index (κ2) is 3.03. The van der Waals surface area contributed by atoms with Crippen molar-refractivity contribution in [3.05, 3.63) is 24.3 Å². The number of fused-ring (bicyclic) bond motifs is 1. The van der Waals surface area contributed by atoms with Crippen molar-refractivity contribution in [3.8, 4) is 0 Å². The van der Waals surface area contributed by atoms with Crippen LogP contribution in [0.2, 0.25) is 0 Å². The fourth-order valence-corrected chi connectivity index (χ4v) is 2.00. The van der Waals surface area contributed by atoms with Gasteiger partial charge in [0.05, 0.1) is 23.3 Å². The van der Waals surface area contributed by atoms with Crippen LogP contribution in [0.4, 0.5) is 0 Å². The normalized spacial score (nSPS) is 18.3. The van der Waals surface area contributed by atoms with E-state index in [4.69, 9.17) is 5.73 Å². The van der Waals surface area contributed by atoms with Crippen molar-refractivity contribution >= 4 is 11.0 Å². The van der Waals surface area contributed by atoms with E-state index in [0.717, 1.165) is 16.9 Å². The van der Waals surface area contributed by atoms with Crippen LogP contribution in [0, 0.1) is 0 Å². The monoisotopic (exact) mass is 202 g/mol. The molecule has 0 unspecified atom stereocenters. The molecule has 0 amide bonds. The van der Waals surface area contributed by atoms with Gasteiger partial charge in [0, 0.05) is 12.2 Å². The summed E-state index contributed by atoms with van der Waals surface area (Å²) in [6.07, 6.45) is 6.13. The first-order valence-corrected chi connectivity index (χ1v) is 5.35. The molecule has 4 nitrogen and oxygen atoms in total. The van der Waals surface area contributed by atoms with Crippen LogP contribution in [0.1, 0.15) is 37.7 Å². The van der Waals surface area contributed by atoms with Crippen molar-refractivity contribution < 1.29 is 0 Å². The molecule has 15 heavy (non-hydrogen) atoms. The molecule has 3 rings (SSSR count). The number of pyridine rings is 1. The molecule has 1 fully saturated rings. The van der Waals surface area contributed by atoms with E-state index in [-0.39, 0.29) is 6.04 Å². The van der Waals surface area contributed by atoms with Gasteiger partial charge in [-0.15, -0.1) is 0 Å². The van der Waals surface area contributed by atoms with E-state index in [1.165, 1.54) is 12.8 Å². The third-order valence-corrected chi connectivity index (χ3v) is 2.84. The Bertz CT molecular complexity index is 496. The summed E-state index contributed by atoms with van der Waals surface area (Å²) >= 11 is 0. The van der Waals surface area contributed by atoms with Gasteiger partial charge in [-0.05, 0) is 25.8 Å². The summed E-state index contributed by atoms with van der Waals surface area (Å²) in [7, 11) is 0. The summed E-state index contributed by atoms with van der Waals surface area (Å²) in [4.78, 5) is 8.73. The van der Waals surface area contributed by atoms with Crippen LogP contribution >= 0.6 is 0 Å².